The van der Waals surface area contributed by atoms with E-state index < -0.39 is 16.7 Å². The topological polar surface area (TPSA) is 85.8 Å². The van der Waals surface area contributed by atoms with Crippen LogP contribution in [0.25, 0.3) is 10.9 Å². The van der Waals surface area contributed by atoms with Gasteiger partial charge in [-0.3, -0.25) is 13.9 Å². The van der Waals surface area contributed by atoms with Crippen LogP contribution in [0.3, 0.4) is 0 Å². The van der Waals surface area contributed by atoms with Gasteiger partial charge in [-0.2, -0.15) is 0 Å². The first kappa shape index (κ1) is 23.4. The molecule has 32 heavy (non-hydrogen) atoms. The van der Waals surface area contributed by atoms with Crippen LogP contribution in [0.1, 0.15) is 77.2 Å². The van der Waals surface area contributed by atoms with Crippen molar-refractivity contribution >= 4 is 27.7 Å². The monoisotopic (exact) mass is 466 g/mol. The first-order valence-electron chi connectivity index (χ1n) is 11.5. The molecule has 6 nitrogen and oxygen atoms in total. The third kappa shape index (κ3) is 4.50. The molecule has 1 aliphatic carbocycles. The number of piperidine rings is 1. The van der Waals surface area contributed by atoms with Crippen LogP contribution in [0, 0.1) is 11.2 Å². The predicted molar refractivity (Wildman–Crippen MR) is 127 cm³/mol. The molecule has 3 N–H and O–H groups in total. The van der Waals surface area contributed by atoms with Crippen molar-refractivity contribution < 1.29 is 22.5 Å². The fourth-order valence-electron chi connectivity index (χ4n) is 5.97. The fourth-order valence-corrected chi connectivity index (χ4v) is 6.45. The number of nitrogens with one attached hydrogen (secondary N) is 1. The molecule has 2 bridgehead atoms. The van der Waals surface area contributed by atoms with Crippen LogP contribution < -0.4 is 4.18 Å². The lowest BCUT2D eigenvalue weighted by molar-refractivity contribution is -0.144. The Balaban J connectivity index is 1.61. The number of carbonyl (C=O) groups excluding carboxylic acids is 1. The van der Waals surface area contributed by atoms with Crippen molar-refractivity contribution in [3.63, 3.8) is 0 Å². The summed E-state index contributed by atoms with van der Waals surface area (Å²) in [5, 5.41) is 0.461. The van der Waals surface area contributed by atoms with Gasteiger partial charge in [-0.05, 0) is 61.1 Å². The molecule has 1 aliphatic heterocycles. The molecule has 1 aromatic heterocycles. The standard InChI is InChI=1S/C24H35FN2O4S/c1-5-16-12-24(3)10-6-7-17(13-24)27(16)21(28)11-15(2)18-14-26-20-9-8-19(25)23(22(18)20)31-32(4,29)30/h8-9,14-17,26,29-30H,5-7,10-13H2,1-4H3. The van der Waals surface area contributed by atoms with Gasteiger partial charge in [0.05, 0.1) is 0 Å². The molecule has 178 valence electrons. The van der Waals surface area contributed by atoms with Gasteiger partial charge in [0.15, 0.2) is 11.6 Å². The van der Waals surface area contributed by atoms with Gasteiger partial charge in [-0.25, -0.2) is 4.39 Å². The number of aromatic nitrogens is 1. The molecule has 1 saturated carbocycles. The number of hydrogen-bond acceptors (Lipinski definition) is 4. The second-order valence-electron chi connectivity index (χ2n) is 10.1. The number of halogens is 1. The zero-order chi connectivity index (χ0) is 23.3. The van der Waals surface area contributed by atoms with E-state index in [1.54, 1.807) is 12.3 Å². The molecule has 1 saturated heterocycles. The Bertz CT molecular complexity index is 1000. The molecule has 2 aromatic rings. The van der Waals surface area contributed by atoms with E-state index in [1.807, 2.05) is 6.92 Å². The smallest absolute Gasteiger partial charge is 0.223 e. The van der Waals surface area contributed by atoms with Crippen molar-refractivity contribution in [2.45, 2.75) is 83.7 Å². The van der Waals surface area contributed by atoms with E-state index in [-0.39, 0.29) is 23.6 Å². The van der Waals surface area contributed by atoms with Crippen LogP contribution >= 0.6 is 10.9 Å². The largest absolute Gasteiger partial charge is 0.399 e. The summed E-state index contributed by atoms with van der Waals surface area (Å²) in [4.78, 5) is 18.8. The molecule has 1 aromatic carbocycles. The Morgan fingerprint density at radius 2 is 2.16 bits per heavy atom. The Hall–Kier alpha value is -1.77. The summed E-state index contributed by atoms with van der Waals surface area (Å²) in [5.74, 6) is -0.893. The lowest BCUT2D eigenvalue weighted by Gasteiger charge is -2.53. The van der Waals surface area contributed by atoms with E-state index in [4.69, 9.17) is 4.18 Å². The molecule has 4 unspecified atom stereocenters. The summed E-state index contributed by atoms with van der Waals surface area (Å²) in [7, 11) is -3.41. The number of rotatable bonds is 6. The highest BCUT2D eigenvalue weighted by Crippen LogP contribution is 2.48. The molecule has 8 heteroatoms. The quantitative estimate of drug-likeness (QED) is 0.458. The maximum absolute atomic E-state index is 14.6. The van der Waals surface area contributed by atoms with Gasteiger partial charge in [0, 0.05) is 41.9 Å². The number of fused-ring (bicyclic) bond motifs is 3. The van der Waals surface area contributed by atoms with Gasteiger partial charge in [-0.15, -0.1) is 0 Å². The van der Waals surface area contributed by atoms with Crippen molar-refractivity contribution in [1.82, 2.24) is 9.88 Å². The summed E-state index contributed by atoms with van der Waals surface area (Å²) >= 11 is 0. The minimum Gasteiger partial charge on any atom is -0.399 e. The number of nitrogens with zero attached hydrogens (tertiary/aromatic N) is 1. The first-order chi connectivity index (χ1) is 15.0. The van der Waals surface area contributed by atoms with Crippen molar-refractivity contribution in [2.75, 3.05) is 6.26 Å². The average molecular weight is 467 g/mol. The third-order valence-corrected chi connectivity index (χ3v) is 7.84. The predicted octanol–water partition coefficient (Wildman–Crippen LogP) is 6.43. The van der Waals surface area contributed by atoms with Crippen LogP contribution in [0.2, 0.25) is 0 Å². The molecule has 0 spiro atoms. The minimum absolute atomic E-state index is 0.145. The molecular weight excluding hydrogens is 431 g/mol. The molecule has 4 rings (SSSR count). The van der Waals surface area contributed by atoms with Crippen molar-refractivity contribution in [3.05, 3.63) is 29.7 Å². The van der Waals surface area contributed by atoms with E-state index in [0.717, 1.165) is 37.5 Å². The molecule has 2 fully saturated rings. The maximum atomic E-state index is 14.6. The van der Waals surface area contributed by atoms with Gasteiger partial charge in [0.25, 0.3) is 0 Å². The summed E-state index contributed by atoms with van der Waals surface area (Å²) < 4.78 is 39.3. The average Bonchev–Trinajstić information content (AvgIpc) is 3.13. The van der Waals surface area contributed by atoms with E-state index in [1.165, 1.54) is 18.9 Å². The van der Waals surface area contributed by atoms with E-state index in [2.05, 4.69) is 23.7 Å². The fraction of sp³-hybridized carbons (Fsp3) is 0.625. The Morgan fingerprint density at radius 1 is 1.41 bits per heavy atom. The summed E-state index contributed by atoms with van der Waals surface area (Å²) in [6.45, 7) is 6.48. The Labute approximate surface area is 191 Å². The van der Waals surface area contributed by atoms with Gasteiger partial charge >= 0.3 is 0 Å². The second kappa shape index (κ2) is 8.54. The van der Waals surface area contributed by atoms with Crippen molar-refractivity contribution in [3.8, 4) is 5.75 Å². The van der Waals surface area contributed by atoms with E-state index in [9.17, 15) is 18.3 Å². The Morgan fingerprint density at radius 3 is 2.84 bits per heavy atom. The number of carbonyl (C=O) groups is 1. The normalized spacial score (nSPS) is 27.4. The molecule has 2 aliphatic rings. The van der Waals surface area contributed by atoms with Crippen LogP contribution in [0.5, 0.6) is 5.75 Å². The second-order valence-corrected chi connectivity index (χ2v) is 11.8. The minimum atomic E-state index is -3.41. The number of likely N-dealkylation sites (tertiary alicyclic amines) is 1. The highest BCUT2D eigenvalue weighted by molar-refractivity contribution is 8.19. The number of H-pyrrole nitrogens is 1. The van der Waals surface area contributed by atoms with Crippen molar-refractivity contribution in [2.24, 2.45) is 5.41 Å². The highest BCUT2D eigenvalue weighted by atomic mass is 32.3. The van der Waals surface area contributed by atoms with Gasteiger partial charge in [0.1, 0.15) is 10.9 Å². The number of hydrogen-bond donors (Lipinski definition) is 3. The third-order valence-electron chi connectivity index (χ3n) is 7.35. The van der Waals surface area contributed by atoms with Crippen LogP contribution in [0.4, 0.5) is 4.39 Å². The zero-order valence-corrected chi connectivity index (χ0v) is 20.2. The lowest BCUT2D eigenvalue weighted by Crippen LogP contribution is -2.56. The van der Waals surface area contributed by atoms with Crippen molar-refractivity contribution in [1.29, 1.82) is 0 Å². The molecule has 1 amide bonds. The summed E-state index contributed by atoms with van der Waals surface area (Å²) in [6.07, 6.45) is 9.77. The summed E-state index contributed by atoms with van der Waals surface area (Å²) in [5.41, 5.74) is 1.72. The lowest BCUT2D eigenvalue weighted by atomic mass is 9.65. The zero-order valence-electron chi connectivity index (χ0n) is 19.4. The molecule has 2 heterocycles. The van der Waals surface area contributed by atoms with Crippen LogP contribution in [-0.2, 0) is 4.79 Å². The van der Waals surface area contributed by atoms with Gasteiger partial charge < -0.3 is 14.1 Å². The number of amides is 1. The Kier molecular flexibility index (Phi) is 6.24. The summed E-state index contributed by atoms with van der Waals surface area (Å²) in [6, 6.07) is 3.40. The maximum Gasteiger partial charge on any atom is 0.223 e. The molecule has 0 radical (unpaired) electrons. The number of benzene rings is 1. The SMILES string of the molecule is CCC1CC2(C)CCCC(C2)N1C(=O)CC(C)c1c[nH]c2ccc(F)c(OS(C)(O)O)c12. The van der Waals surface area contributed by atoms with E-state index in [0.29, 0.717) is 28.8 Å². The highest BCUT2D eigenvalue weighted by Gasteiger charge is 2.45. The molecular formula is C24H35FN2O4S. The van der Waals surface area contributed by atoms with Gasteiger partial charge in [0.2, 0.25) is 5.91 Å². The molecule has 4 atom stereocenters. The van der Waals surface area contributed by atoms with Gasteiger partial charge in [-0.1, -0.05) is 27.2 Å². The van der Waals surface area contributed by atoms with Crippen LogP contribution in [-0.4, -0.2) is 43.2 Å². The number of aromatic amines is 1. The first-order valence-corrected chi connectivity index (χ1v) is 13.4. The van der Waals surface area contributed by atoms with E-state index >= 15 is 0 Å². The van der Waals surface area contributed by atoms with Crippen LogP contribution in [0.15, 0.2) is 18.3 Å².